The second kappa shape index (κ2) is 8.22. The number of carbonyl (C=O) groups excluding carboxylic acids is 3. The molecule has 0 radical (unpaired) electrons. The van der Waals surface area contributed by atoms with E-state index in [1.165, 1.54) is 6.92 Å². The smallest absolute Gasteiger partial charge is 0.352 e. The summed E-state index contributed by atoms with van der Waals surface area (Å²) in [4.78, 5) is 40.2. The molecular weight excluding hydrogens is 358 g/mol. The summed E-state index contributed by atoms with van der Waals surface area (Å²) in [5, 5.41) is 3.86. The summed E-state index contributed by atoms with van der Waals surface area (Å²) in [7, 11) is 0. The molecule has 140 valence electrons. The predicted molar refractivity (Wildman–Crippen MR) is 94.7 cm³/mol. The summed E-state index contributed by atoms with van der Waals surface area (Å²) in [5.41, 5.74) is 2.10. The van der Waals surface area contributed by atoms with Crippen molar-refractivity contribution in [2.24, 2.45) is 0 Å². The Morgan fingerprint density at radius 2 is 1.88 bits per heavy atom. The first kappa shape index (κ1) is 19.8. The zero-order valence-corrected chi connectivity index (χ0v) is 16.2. The lowest BCUT2D eigenvalue weighted by Gasteiger charge is -2.11. The van der Waals surface area contributed by atoms with Crippen LogP contribution in [0, 0.1) is 13.8 Å². The summed E-state index contributed by atoms with van der Waals surface area (Å²) in [6.07, 6.45) is -0.484. The van der Waals surface area contributed by atoms with Crippen LogP contribution in [0.5, 0.6) is 0 Å². The van der Waals surface area contributed by atoms with Gasteiger partial charge in [-0.2, -0.15) is 0 Å². The van der Waals surface area contributed by atoms with Crippen molar-refractivity contribution in [3.05, 3.63) is 33.1 Å². The Morgan fingerprint density at radius 1 is 1.19 bits per heavy atom. The minimum absolute atomic E-state index is 0.226. The van der Waals surface area contributed by atoms with Crippen LogP contribution in [0.4, 0.5) is 0 Å². The van der Waals surface area contributed by atoms with Gasteiger partial charge in [0.25, 0.3) is 0 Å². The fraction of sp³-hybridized carbons (Fsp3) is 0.471. The van der Waals surface area contributed by atoms with Gasteiger partial charge < -0.3 is 14.5 Å². The third-order valence-electron chi connectivity index (χ3n) is 3.89. The highest BCUT2D eigenvalue weighted by atomic mass is 32.1. The molecule has 0 aliphatic heterocycles. The van der Waals surface area contributed by atoms with Crippen molar-refractivity contribution in [2.75, 3.05) is 6.61 Å². The number of ether oxygens (including phenoxy) is 2. The van der Waals surface area contributed by atoms with Gasteiger partial charge >= 0.3 is 11.9 Å². The van der Waals surface area contributed by atoms with E-state index in [-0.39, 0.29) is 12.3 Å². The van der Waals surface area contributed by atoms with Gasteiger partial charge in [-0.3, -0.25) is 4.79 Å². The van der Waals surface area contributed by atoms with Crippen molar-refractivity contribution in [1.29, 1.82) is 0 Å². The van der Waals surface area contributed by atoms with Gasteiger partial charge in [-0.15, -0.1) is 5.10 Å². The summed E-state index contributed by atoms with van der Waals surface area (Å²) in [5.74, 6) is -1.56. The standard InChI is InChI=1S/C17H21N3O5S/c1-6-11-15(26-20-19-11)17(23)25-10(5)14(21)13-8(3)12(9(4)18-13)16(22)24-7-2/h10,18H,6-7H2,1-5H3/t10-/m0/s1. The normalized spacial score (nSPS) is 11.9. The van der Waals surface area contributed by atoms with Crippen molar-refractivity contribution < 1.29 is 23.9 Å². The van der Waals surface area contributed by atoms with Gasteiger partial charge in [0.2, 0.25) is 5.78 Å². The van der Waals surface area contributed by atoms with E-state index in [1.54, 1.807) is 20.8 Å². The fourth-order valence-electron chi connectivity index (χ4n) is 2.57. The second-order valence-electron chi connectivity index (χ2n) is 5.66. The number of esters is 2. The summed E-state index contributed by atoms with van der Waals surface area (Å²) >= 11 is 0.935. The highest BCUT2D eigenvalue weighted by Gasteiger charge is 2.28. The molecule has 0 unspecified atom stereocenters. The van der Waals surface area contributed by atoms with Crippen molar-refractivity contribution in [3.63, 3.8) is 0 Å². The van der Waals surface area contributed by atoms with E-state index in [2.05, 4.69) is 14.6 Å². The van der Waals surface area contributed by atoms with Crippen molar-refractivity contribution >= 4 is 29.3 Å². The third kappa shape index (κ3) is 3.82. The largest absolute Gasteiger partial charge is 0.462 e. The Hall–Kier alpha value is -2.55. The minimum atomic E-state index is -1.03. The molecule has 9 heteroatoms. The van der Waals surface area contributed by atoms with Crippen molar-refractivity contribution in [1.82, 2.24) is 14.6 Å². The molecule has 0 aliphatic carbocycles. The second-order valence-corrected chi connectivity index (χ2v) is 6.41. The maximum absolute atomic E-state index is 12.7. The topological polar surface area (TPSA) is 111 Å². The summed E-state index contributed by atoms with van der Waals surface area (Å²) < 4.78 is 14.0. The van der Waals surface area contributed by atoms with Crippen LogP contribution in [0.3, 0.4) is 0 Å². The number of rotatable bonds is 7. The molecule has 1 atom stereocenters. The van der Waals surface area contributed by atoms with E-state index in [0.29, 0.717) is 33.8 Å². The Bertz CT molecular complexity index is 840. The number of H-pyrrole nitrogens is 1. The van der Waals surface area contributed by atoms with Crippen LogP contribution in [0.25, 0.3) is 0 Å². The molecule has 0 aromatic carbocycles. The molecule has 1 N–H and O–H groups in total. The first-order chi connectivity index (χ1) is 12.3. The maximum Gasteiger partial charge on any atom is 0.352 e. The predicted octanol–water partition coefficient (Wildman–Crippen LogP) is 2.65. The molecule has 2 aromatic heterocycles. The SMILES string of the molecule is CCOC(=O)c1c(C)[nH]c(C(=O)[C@H](C)OC(=O)c2snnc2CC)c1C. The average molecular weight is 379 g/mol. The van der Waals surface area contributed by atoms with Gasteiger partial charge in [-0.1, -0.05) is 11.4 Å². The highest BCUT2D eigenvalue weighted by Crippen LogP contribution is 2.22. The number of carbonyl (C=O) groups is 3. The number of ketones is 1. The number of hydrogen-bond donors (Lipinski definition) is 1. The van der Waals surface area contributed by atoms with Gasteiger partial charge in [0, 0.05) is 5.69 Å². The number of hydrogen-bond acceptors (Lipinski definition) is 8. The monoisotopic (exact) mass is 379 g/mol. The number of nitrogens with zero attached hydrogens (tertiary/aromatic N) is 2. The molecule has 26 heavy (non-hydrogen) atoms. The van der Waals surface area contributed by atoms with Gasteiger partial charge in [-0.25, -0.2) is 9.59 Å². The van der Waals surface area contributed by atoms with Crippen LogP contribution in [0.2, 0.25) is 0 Å². The molecule has 2 heterocycles. The van der Waals surface area contributed by atoms with Crippen molar-refractivity contribution in [3.8, 4) is 0 Å². The lowest BCUT2D eigenvalue weighted by atomic mass is 10.1. The van der Waals surface area contributed by atoms with Crippen LogP contribution < -0.4 is 0 Å². The molecule has 0 fully saturated rings. The minimum Gasteiger partial charge on any atom is -0.462 e. The van der Waals surface area contributed by atoms with E-state index in [4.69, 9.17) is 9.47 Å². The van der Waals surface area contributed by atoms with Crippen LogP contribution in [-0.4, -0.2) is 45.0 Å². The van der Waals surface area contributed by atoms with Gasteiger partial charge in [0.1, 0.15) is 0 Å². The Labute approximate surface area is 155 Å². The number of aryl methyl sites for hydroxylation is 2. The van der Waals surface area contributed by atoms with Gasteiger partial charge in [0.05, 0.1) is 23.6 Å². The lowest BCUT2D eigenvalue weighted by molar-refractivity contribution is 0.0320. The van der Waals surface area contributed by atoms with E-state index in [0.717, 1.165) is 11.5 Å². The molecule has 8 nitrogen and oxygen atoms in total. The first-order valence-electron chi connectivity index (χ1n) is 8.24. The summed E-state index contributed by atoms with van der Waals surface area (Å²) in [6, 6.07) is 0. The van der Waals surface area contributed by atoms with Crippen LogP contribution >= 0.6 is 11.5 Å². The van der Waals surface area contributed by atoms with E-state index < -0.39 is 23.8 Å². The van der Waals surface area contributed by atoms with Crippen LogP contribution in [0.1, 0.15) is 68.2 Å². The molecule has 2 aromatic rings. The molecule has 0 spiro atoms. The zero-order chi connectivity index (χ0) is 19.4. The van der Waals surface area contributed by atoms with E-state index in [1.807, 2.05) is 6.92 Å². The third-order valence-corrected chi connectivity index (χ3v) is 4.64. The number of aromatic nitrogens is 3. The molecule has 0 amide bonds. The molecule has 0 saturated heterocycles. The fourth-order valence-corrected chi connectivity index (χ4v) is 3.21. The number of nitrogens with one attached hydrogen (secondary N) is 1. The highest BCUT2D eigenvalue weighted by molar-refractivity contribution is 7.07. The van der Waals surface area contributed by atoms with Crippen molar-refractivity contribution in [2.45, 2.75) is 47.1 Å². The lowest BCUT2D eigenvalue weighted by Crippen LogP contribution is -2.25. The molecule has 2 rings (SSSR count). The van der Waals surface area contributed by atoms with Gasteiger partial charge in [-0.05, 0) is 51.2 Å². The Balaban J connectivity index is 2.19. The molecule has 0 saturated carbocycles. The molecule has 0 bridgehead atoms. The Morgan fingerprint density at radius 3 is 2.50 bits per heavy atom. The van der Waals surface area contributed by atoms with E-state index in [9.17, 15) is 14.4 Å². The quantitative estimate of drug-likeness (QED) is 0.581. The maximum atomic E-state index is 12.7. The molecule has 0 aliphatic rings. The van der Waals surface area contributed by atoms with Crippen LogP contribution in [0.15, 0.2) is 0 Å². The number of Topliss-reactive ketones (excluding diaryl/α,β-unsaturated/α-hetero) is 1. The van der Waals surface area contributed by atoms with E-state index >= 15 is 0 Å². The van der Waals surface area contributed by atoms with Gasteiger partial charge in [0.15, 0.2) is 11.0 Å². The Kier molecular flexibility index (Phi) is 6.25. The molecular formula is C17H21N3O5S. The number of aromatic amines is 1. The summed E-state index contributed by atoms with van der Waals surface area (Å²) in [6.45, 7) is 8.62. The zero-order valence-electron chi connectivity index (χ0n) is 15.3. The average Bonchev–Trinajstić information content (AvgIpc) is 3.18. The first-order valence-corrected chi connectivity index (χ1v) is 9.01. The van der Waals surface area contributed by atoms with Crippen LogP contribution in [-0.2, 0) is 15.9 Å².